The summed E-state index contributed by atoms with van der Waals surface area (Å²) in [7, 11) is 1.55. The molecule has 0 spiro atoms. The number of methoxy groups -OCH3 is 1. The van der Waals surface area contributed by atoms with Crippen molar-refractivity contribution in [3.63, 3.8) is 0 Å². The number of carbonyl (C=O) groups is 3. The molecule has 2 N–H and O–H groups in total. The molecule has 156 valence electrons. The number of nitrogens with zero attached hydrogens (tertiary/aromatic N) is 1. The molecule has 3 rings (SSSR count). The fourth-order valence-corrected chi connectivity index (χ4v) is 2.98. The van der Waals surface area contributed by atoms with Crippen molar-refractivity contribution in [2.45, 2.75) is 26.2 Å². The Hall–Kier alpha value is -3.61. The zero-order valence-corrected chi connectivity index (χ0v) is 17.5. The number of imide groups is 1. The molecule has 1 fully saturated rings. The van der Waals surface area contributed by atoms with Crippen molar-refractivity contribution in [3.05, 3.63) is 65.4 Å². The SMILES string of the molecule is COc1ccc(NC(=O)CN2C(=O)N/C(=C\c3ccc(C(C)(C)C)cc3)C2=O)cc1. The van der Waals surface area contributed by atoms with Gasteiger partial charge in [0.05, 0.1) is 7.11 Å². The lowest BCUT2D eigenvalue weighted by molar-refractivity contribution is -0.127. The summed E-state index contributed by atoms with van der Waals surface area (Å²) in [5.74, 6) is -0.350. The molecule has 0 radical (unpaired) electrons. The zero-order valence-electron chi connectivity index (χ0n) is 17.5. The normalized spacial score (nSPS) is 15.3. The molecule has 1 aliphatic heterocycles. The largest absolute Gasteiger partial charge is 0.497 e. The maximum absolute atomic E-state index is 12.6. The molecule has 0 aromatic heterocycles. The highest BCUT2D eigenvalue weighted by Gasteiger charge is 2.34. The van der Waals surface area contributed by atoms with Crippen LogP contribution in [0, 0.1) is 0 Å². The van der Waals surface area contributed by atoms with Crippen LogP contribution in [0.2, 0.25) is 0 Å². The minimum absolute atomic E-state index is 0.0249. The van der Waals surface area contributed by atoms with E-state index in [4.69, 9.17) is 4.74 Å². The van der Waals surface area contributed by atoms with Crippen molar-refractivity contribution in [2.75, 3.05) is 19.0 Å². The van der Waals surface area contributed by atoms with E-state index in [0.29, 0.717) is 11.4 Å². The molecule has 0 saturated carbocycles. The molecular formula is C23H25N3O4. The molecule has 1 heterocycles. The first-order valence-corrected chi connectivity index (χ1v) is 9.56. The van der Waals surface area contributed by atoms with Crippen LogP contribution in [-0.4, -0.2) is 36.4 Å². The second-order valence-corrected chi connectivity index (χ2v) is 8.03. The highest BCUT2D eigenvalue weighted by Crippen LogP contribution is 2.23. The first-order valence-electron chi connectivity index (χ1n) is 9.56. The van der Waals surface area contributed by atoms with Gasteiger partial charge in [-0.2, -0.15) is 0 Å². The number of nitrogens with one attached hydrogen (secondary N) is 2. The van der Waals surface area contributed by atoms with Crippen LogP contribution in [0.5, 0.6) is 5.75 Å². The molecule has 0 atom stereocenters. The Bertz CT molecular complexity index is 987. The van der Waals surface area contributed by atoms with Crippen molar-refractivity contribution in [1.82, 2.24) is 10.2 Å². The van der Waals surface area contributed by atoms with Gasteiger partial charge < -0.3 is 15.4 Å². The summed E-state index contributed by atoms with van der Waals surface area (Å²) in [5, 5.41) is 5.19. The highest BCUT2D eigenvalue weighted by molar-refractivity contribution is 6.15. The molecule has 1 saturated heterocycles. The van der Waals surface area contributed by atoms with Gasteiger partial charge in [0.25, 0.3) is 5.91 Å². The van der Waals surface area contributed by atoms with E-state index in [1.54, 1.807) is 37.5 Å². The highest BCUT2D eigenvalue weighted by atomic mass is 16.5. The van der Waals surface area contributed by atoms with Crippen molar-refractivity contribution < 1.29 is 19.1 Å². The van der Waals surface area contributed by atoms with E-state index >= 15 is 0 Å². The van der Waals surface area contributed by atoms with Crippen LogP contribution in [0.1, 0.15) is 31.9 Å². The summed E-state index contributed by atoms with van der Waals surface area (Å²) in [6.45, 7) is 5.99. The summed E-state index contributed by atoms with van der Waals surface area (Å²) in [4.78, 5) is 38.0. The van der Waals surface area contributed by atoms with Gasteiger partial charge in [-0.3, -0.25) is 9.59 Å². The van der Waals surface area contributed by atoms with E-state index in [1.165, 1.54) is 5.56 Å². The smallest absolute Gasteiger partial charge is 0.329 e. The molecule has 30 heavy (non-hydrogen) atoms. The second kappa shape index (κ2) is 8.41. The number of rotatable bonds is 5. The lowest BCUT2D eigenvalue weighted by atomic mass is 9.87. The predicted octanol–water partition coefficient (Wildman–Crippen LogP) is 3.52. The van der Waals surface area contributed by atoms with Crippen molar-refractivity contribution >= 4 is 29.6 Å². The van der Waals surface area contributed by atoms with E-state index in [2.05, 4.69) is 31.4 Å². The summed E-state index contributed by atoms with van der Waals surface area (Å²) in [6, 6.07) is 13.9. The summed E-state index contributed by atoms with van der Waals surface area (Å²) in [5.41, 5.74) is 2.67. The first-order chi connectivity index (χ1) is 14.2. The third kappa shape index (κ3) is 4.86. The van der Waals surface area contributed by atoms with Crippen molar-refractivity contribution in [3.8, 4) is 5.75 Å². The molecule has 2 aromatic carbocycles. The van der Waals surface area contributed by atoms with Crippen LogP contribution in [0.25, 0.3) is 6.08 Å². The van der Waals surface area contributed by atoms with Crippen LogP contribution >= 0.6 is 0 Å². The molecule has 2 aromatic rings. The number of hydrogen-bond acceptors (Lipinski definition) is 4. The van der Waals surface area contributed by atoms with Gasteiger partial charge in [0.15, 0.2) is 0 Å². The quantitative estimate of drug-likeness (QED) is 0.586. The standard InChI is InChI=1S/C23H25N3O4/c1-23(2,3)16-7-5-15(6-8-16)13-19-21(28)26(22(29)25-19)14-20(27)24-17-9-11-18(30-4)12-10-17/h5-13H,14H2,1-4H3,(H,24,27)(H,25,29)/b19-13-. The summed E-state index contributed by atoms with van der Waals surface area (Å²) < 4.78 is 5.07. The van der Waals surface area contributed by atoms with E-state index in [1.807, 2.05) is 24.3 Å². The number of anilines is 1. The topological polar surface area (TPSA) is 87.7 Å². The van der Waals surface area contributed by atoms with Gasteiger partial charge in [0.1, 0.15) is 18.0 Å². The maximum atomic E-state index is 12.6. The van der Waals surface area contributed by atoms with Crippen LogP contribution in [0.3, 0.4) is 0 Å². The van der Waals surface area contributed by atoms with Crippen LogP contribution in [-0.2, 0) is 15.0 Å². The first kappa shape index (κ1) is 21.1. The summed E-state index contributed by atoms with van der Waals surface area (Å²) in [6.07, 6.45) is 1.61. The fourth-order valence-electron chi connectivity index (χ4n) is 2.98. The minimum atomic E-state index is -0.623. The molecule has 0 unspecified atom stereocenters. The Morgan fingerprint density at radius 1 is 1.07 bits per heavy atom. The summed E-state index contributed by atoms with van der Waals surface area (Å²) >= 11 is 0. The van der Waals surface area contributed by atoms with E-state index < -0.39 is 17.8 Å². The minimum Gasteiger partial charge on any atom is -0.497 e. The Balaban J connectivity index is 1.66. The van der Waals surface area contributed by atoms with E-state index in [-0.39, 0.29) is 17.7 Å². The Morgan fingerprint density at radius 3 is 2.27 bits per heavy atom. The molecule has 0 bridgehead atoms. The van der Waals surface area contributed by atoms with Gasteiger partial charge in [-0.1, -0.05) is 45.0 Å². The third-order valence-electron chi connectivity index (χ3n) is 4.73. The van der Waals surface area contributed by atoms with E-state index in [0.717, 1.165) is 10.5 Å². The average Bonchev–Trinajstić information content (AvgIpc) is 2.95. The molecule has 0 aliphatic carbocycles. The van der Waals surface area contributed by atoms with Gasteiger partial charge in [-0.25, -0.2) is 9.69 Å². The number of amides is 4. The second-order valence-electron chi connectivity index (χ2n) is 8.03. The van der Waals surface area contributed by atoms with Gasteiger partial charge in [0, 0.05) is 5.69 Å². The number of benzene rings is 2. The number of urea groups is 1. The number of hydrogen-bond donors (Lipinski definition) is 2. The fraction of sp³-hybridized carbons (Fsp3) is 0.261. The van der Waals surface area contributed by atoms with Crippen LogP contribution in [0.15, 0.2) is 54.2 Å². The van der Waals surface area contributed by atoms with Gasteiger partial charge in [0.2, 0.25) is 5.91 Å². The van der Waals surface area contributed by atoms with Gasteiger partial charge >= 0.3 is 6.03 Å². The predicted molar refractivity (Wildman–Crippen MR) is 115 cm³/mol. The maximum Gasteiger partial charge on any atom is 0.329 e. The Morgan fingerprint density at radius 2 is 1.70 bits per heavy atom. The Kier molecular flexibility index (Phi) is 5.91. The molecule has 4 amide bonds. The molecule has 7 nitrogen and oxygen atoms in total. The van der Waals surface area contributed by atoms with Crippen molar-refractivity contribution in [2.24, 2.45) is 0 Å². The van der Waals surface area contributed by atoms with Gasteiger partial charge in [-0.15, -0.1) is 0 Å². The Labute approximate surface area is 175 Å². The monoisotopic (exact) mass is 407 g/mol. The van der Waals surface area contributed by atoms with E-state index in [9.17, 15) is 14.4 Å². The van der Waals surface area contributed by atoms with Gasteiger partial charge in [-0.05, 0) is 46.9 Å². The van der Waals surface area contributed by atoms with Crippen molar-refractivity contribution in [1.29, 1.82) is 0 Å². The molecule has 1 aliphatic rings. The number of ether oxygens (including phenoxy) is 1. The zero-order chi connectivity index (χ0) is 21.9. The molecule has 7 heteroatoms. The lowest BCUT2D eigenvalue weighted by Gasteiger charge is -2.18. The lowest BCUT2D eigenvalue weighted by Crippen LogP contribution is -2.38. The van der Waals surface area contributed by atoms with Crippen LogP contribution in [0.4, 0.5) is 10.5 Å². The number of carbonyl (C=O) groups excluding carboxylic acids is 3. The molecular weight excluding hydrogens is 382 g/mol. The third-order valence-corrected chi connectivity index (χ3v) is 4.73. The van der Waals surface area contributed by atoms with Crippen LogP contribution < -0.4 is 15.4 Å². The average molecular weight is 407 g/mol.